The number of halogens is 1. The van der Waals surface area contributed by atoms with E-state index in [1.807, 2.05) is 6.92 Å². The molecule has 2 heterocycles. The van der Waals surface area contributed by atoms with Crippen LogP contribution in [-0.4, -0.2) is 37.2 Å². The summed E-state index contributed by atoms with van der Waals surface area (Å²) in [5, 5.41) is 6.47. The molecule has 1 amide bonds. The zero-order chi connectivity index (χ0) is 12.1. The second-order valence-corrected chi connectivity index (χ2v) is 5.24. The molecule has 0 bridgehead atoms. The van der Waals surface area contributed by atoms with Gasteiger partial charge in [-0.1, -0.05) is 0 Å². The molecule has 2 N–H and O–H groups in total. The van der Waals surface area contributed by atoms with Gasteiger partial charge in [0.2, 0.25) is 5.91 Å². The molecule has 4 nitrogen and oxygen atoms in total. The number of rotatable bonds is 5. The van der Waals surface area contributed by atoms with Gasteiger partial charge in [-0.3, -0.25) is 4.79 Å². The average molecular weight is 277 g/mol. The summed E-state index contributed by atoms with van der Waals surface area (Å²) in [4.78, 5) is 11.8. The molecule has 2 aliphatic heterocycles. The maximum Gasteiger partial charge on any atom is 0.220 e. The largest absolute Gasteiger partial charge is 0.376 e. The lowest BCUT2D eigenvalue weighted by Gasteiger charge is -2.20. The van der Waals surface area contributed by atoms with Crippen molar-refractivity contribution in [2.45, 2.75) is 63.6 Å². The molecule has 0 aromatic carbocycles. The highest BCUT2D eigenvalue weighted by atomic mass is 35.5. The van der Waals surface area contributed by atoms with E-state index in [-0.39, 0.29) is 30.5 Å². The Kier molecular flexibility index (Phi) is 6.97. The molecular weight excluding hydrogens is 252 g/mol. The molecule has 2 fully saturated rings. The van der Waals surface area contributed by atoms with Gasteiger partial charge in [-0.05, 0) is 45.6 Å². The standard InChI is InChI=1S/C13H24N2O2.ClH/c1-10(12-5-3-9-17-12)15-13(16)7-6-11-4-2-8-14-11;/h10-12,14H,2-9H2,1H3,(H,15,16);1H. The Balaban J connectivity index is 0.00000162. The summed E-state index contributed by atoms with van der Waals surface area (Å²) in [6.07, 6.45) is 6.48. The molecule has 0 saturated carbocycles. The topological polar surface area (TPSA) is 50.4 Å². The van der Waals surface area contributed by atoms with Gasteiger partial charge in [-0.25, -0.2) is 0 Å². The van der Waals surface area contributed by atoms with Crippen LogP contribution < -0.4 is 10.6 Å². The molecule has 106 valence electrons. The number of hydrogen-bond donors (Lipinski definition) is 2. The molecule has 3 atom stereocenters. The van der Waals surface area contributed by atoms with E-state index in [4.69, 9.17) is 4.74 Å². The van der Waals surface area contributed by atoms with E-state index in [0.29, 0.717) is 12.5 Å². The minimum atomic E-state index is 0. The summed E-state index contributed by atoms with van der Waals surface area (Å²) in [7, 11) is 0. The van der Waals surface area contributed by atoms with Crippen LogP contribution in [0.25, 0.3) is 0 Å². The van der Waals surface area contributed by atoms with Gasteiger partial charge in [0.25, 0.3) is 0 Å². The Morgan fingerprint density at radius 2 is 2.28 bits per heavy atom. The minimum absolute atomic E-state index is 0. The van der Waals surface area contributed by atoms with Crippen molar-refractivity contribution in [3.05, 3.63) is 0 Å². The smallest absolute Gasteiger partial charge is 0.220 e. The van der Waals surface area contributed by atoms with Crippen molar-refractivity contribution in [3.8, 4) is 0 Å². The molecule has 0 aromatic heterocycles. The number of carbonyl (C=O) groups excluding carboxylic acids is 1. The maximum atomic E-state index is 11.8. The molecule has 2 saturated heterocycles. The normalized spacial score (nSPS) is 28.7. The monoisotopic (exact) mass is 276 g/mol. The summed E-state index contributed by atoms with van der Waals surface area (Å²) in [5.74, 6) is 0.168. The van der Waals surface area contributed by atoms with Crippen LogP contribution >= 0.6 is 12.4 Å². The van der Waals surface area contributed by atoms with Crippen molar-refractivity contribution in [2.24, 2.45) is 0 Å². The molecule has 0 aliphatic carbocycles. The SMILES string of the molecule is CC(NC(=O)CCC1CCCN1)C1CCCO1.Cl. The van der Waals surface area contributed by atoms with E-state index in [9.17, 15) is 4.79 Å². The molecule has 0 radical (unpaired) electrons. The van der Waals surface area contributed by atoms with E-state index >= 15 is 0 Å². The summed E-state index contributed by atoms with van der Waals surface area (Å²) < 4.78 is 5.57. The Morgan fingerprint density at radius 3 is 2.89 bits per heavy atom. The Bertz CT molecular complexity index is 251. The second-order valence-electron chi connectivity index (χ2n) is 5.24. The Hall–Kier alpha value is -0.320. The highest BCUT2D eigenvalue weighted by molar-refractivity contribution is 5.85. The van der Waals surface area contributed by atoms with Crippen molar-refractivity contribution in [2.75, 3.05) is 13.2 Å². The lowest BCUT2D eigenvalue weighted by atomic mass is 10.1. The molecule has 18 heavy (non-hydrogen) atoms. The van der Waals surface area contributed by atoms with Crippen LogP contribution in [0.3, 0.4) is 0 Å². The number of ether oxygens (including phenoxy) is 1. The molecule has 2 rings (SSSR count). The van der Waals surface area contributed by atoms with E-state index < -0.39 is 0 Å². The summed E-state index contributed by atoms with van der Waals surface area (Å²) in [6.45, 7) is 4.00. The number of amides is 1. The highest BCUT2D eigenvalue weighted by Gasteiger charge is 2.24. The van der Waals surface area contributed by atoms with Gasteiger partial charge < -0.3 is 15.4 Å². The zero-order valence-electron chi connectivity index (χ0n) is 11.1. The van der Waals surface area contributed by atoms with Crippen LogP contribution in [0, 0.1) is 0 Å². The van der Waals surface area contributed by atoms with Crippen molar-refractivity contribution in [1.29, 1.82) is 0 Å². The number of carbonyl (C=O) groups is 1. The predicted octanol–water partition coefficient (Wildman–Crippen LogP) is 1.62. The second kappa shape index (κ2) is 7.97. The lowest BCUT2D eigenvalue weighted by molar-refractivity contribution is -0.122. The fraction of sp³-hybridized carbons (Fsp3) is 0.923. The fourth-order valence-corrected chi connectivity index (χ4v) is 2.72. The van der Waals surface area contributed by atoms with Gasteiger partial charge in [0.15, 0.2) is 0 Å². The van der Waals surface area contributed by atoms with Crippen molar-refractivity contribution >= 4 is 18.3 Å². The van der Waals surface area contributed by atoms with Crippen LogP contribution in [0.2, 0.25) is 0 Å². The predicted molar refractivity (Wildman–Crippen MR) is 74.1 cm³/mol. The zero-order valence-corrected chi connectivity index (χ0v) is 11.9. The van der Waals surface area contributed by atoms with Crippen LogP contribution in [0.5, 0.6) is 0 Å². The average Bonchev–Trinajstić information content (AvgIpc) is 2.99. The van der Waals surface area contributed by atoms with Gasteiger partial charge in [0.05, 0.1) is 12.1 Å². The van der Waals surface area contributed by atoms with Gasteiger partial charge in [0, 0.05) is 19.1 Å². The molecule has 3 unspecified atom stereocenters. The first-order chi connectivity index (χ1) is 8.25. The van der Waals surface area contributed by atoms with E-state index in [1.165, 1.54) is 12.8 Å². The van der Waals surface area contributed by atoms with Crippen molar-refractivity contribution < 1.29 is 9.53 Å². The molecule has 0 spiro atoms. The third kappa shape index (κ3) is 4.75. The van der Waals surface area contributed by atoms with Crippen LogP contribution in [0.4, 0.5) is 0 Å². The summed E-state index contributed by atoms with van der Waals surface area (Å²) in [6, 6.07) is 0.709. The lowest BCUT2D eigenvalue weighted by Crippen LogP contribution is -2.41. The van der Waals surface area contributed by atoms with Crippen LogP contribution in [-0.2, 0) is 9.53 Å². The Morgan fingerprint density at radius 1 is 1.44 bits per heavy atom. The van der Waals surface area contributed by atoms with E-state index in [2.05, 4.69) is 10.6 Å². The number of nitrogens with one attached hydrogen (secondary N) is 2. The third-order valence-corrected chi connectivity index (χ3v) is 3.79. The van der Waals surface area contributed by atoms with Crippen molar-refractivity contribution in [1.82, 2.24) is 10.6 Å². The van der Waals surface area contributed by atoms with Gasteiger partial charge in [-0.2, -0.15) is 0 Å². The molecule has 0 aromatic rings. The van der Waals surface area contributed by atoms with Gasteiger partial charge in [0.1, 0.15) is 0 Å². The fourth-order valence-electron chi connectivity index (χ4n) is 2.72. The van der Waals surface area contributed by atoms with E-state index in [0.717, 1.165) is 32.4 Å². The minimum Gasteiger partial charge on any atom is -0.376 e. The number of hydrogen-bond acceptors (Lipinski definition) is 3. The summed E-state index contributed by atoms with van der Waals surface area (Å²) >= 11 is 0. The molecule has 5 heteroatoms. The van der Waals surface area contributed by atoms with Gasteiger partial charge >= 0.3 is 0 Å². The first kappa shape index (κ1) is 15.7. The molecular formula is C13H25ClN2O2. The summed E-state index contributed by atoms with van der Waals surface area (Å²) in [5.41, 5.74) is 0. The first-order valence-corrected chi connectivity index (χ1v) is 6.90. The molecule has 2 aliphatic rings. The van der Waals surface area contributed by atoms with Crippen LogP contribution in [0.15, 0.2) is 0 Å². The maximum absolute atomic E-state index is 11.8. The first-order valence-electron chi connectivity index (χ1n) is 6.90. The van der Waals surface area contributed by atoms with Crippen LogP contribution in [0.1, 0.15) is 45.4 Å². The van der Waals surface area contributed by atoms with Crippen molar-refractivity contribution in [3.63, 3.8) is 0 Å². The third-order valence-electron chi connectivity index (χ3n) is 3.79. The van der Waals surface area contributed by atoms with Gasteiger partial charge in [-0.15, -0.1) is 12.4 Å². The highest BCUT2D eigenvalue weighted by Crippen LogP contribution is 2.16. The Labute approximate surface area is 116 Å². The quantitative estimate of drug-likeness (QED) is 0.802. The van der Waals surface area contributed by atoms with E-state index in [1.54, 1.807) is 0 Å².